The number of aromatic nitrogens is 2. The van der Waals surface area contributed by atoms with Gasteiger partial charge in [-0.25, -0.2) is 9.78 Å². The van der Waals surface area contributed by atoms with E-state index in [1.165, 1.54) is 0 Å². The predicted octanol–water partition coefficient (Wildman–Crippen LogP) is 2.51. The van der Waals surface area contributed by atoms with E-state index in [1.54, 1.807) is 23.1 Å². The van der Waals surface area contributed by atoms with Crippen LogP contribution in [0, 0.1) is 0 Å². The smallest absolute Gasteiger partial charge is 0.325 e. The van der Waals surface area contributed by atoms with Crippen LogP contribution in [0.25, 0.3) is 11.0 Å². The highest BCUT2D eigenvalue weighted by Gasteiger charge is 2.40. The molecule has 3 aliphatic rings. The van der Waals surface area contributed by atoms with Crippen LogP contribution in [0.15, 0.2) is 42.5 Å². The van der Waals surface area contributed by atoms with Crippen LogP contribution < -0.4 is 14.8 Å². The molecule has 6 rings (SSSR count). The molecule has 2 aromatic carbocycles. The van der Waals surface area contributed by atoms with E-state index in [9.17, 15) is 14.4 Å². The maximum absolute atomic E-state index is 12.9. The number of amides is 4. The lowest BCUT2D eigenvalue weighted by Gasteiger charge is -2.31. The minimum atomic E-state index is -0.850. The number of hydrogen-bond donors (Lipinski definition) is 2. The van der Waals surface area contributed by atoms with Gasteiger partial charge in [0.05, 0.1) is 24.0 Å². The number of carbonyl (C=O) groups excluding carboxylic acids is 3. The Hall–Kier alpha value is -4.08. The number of hydrogen-bond acceptors (Lipinski definition) is 6. The van der Waals surface area contributed by atoms with E-state index in [4.69, 9.17) is 14.5 Å². The molecule has 0 saturated carbocycles. The van der Waals surface area contributed by atoms with Crippen LogP contribution in [0.2, 0.25) is 0 Å². The van der Waals surface area contributed by atoms with Gasteiger partial charge in [-0.15, -0.1) is 0 Å². The molecule has 10 heteroatoms. The van der Waals surface area contributed by atoms with Crippen molar-refractivity contribution < 1.29 is 23.9 Å². The van der Waals surface area contributed by atoms with E-state index in [2.05, 4.69) is 10.3 Å². The first-order valence-electron chi connectivity index (χ1n) is 11.8. The summed E-state index contributed by atoms with van der Waals surface area (Å²) in [5.41, 5.74) is 2.71. The summed E-state index contributed by atoms with van der Waals surface area (Å²) in [6.45, 7) is 1.45. The van der Waals surface area contributed by atoms with Crippen LogP contribution >= 0.6 is 0 Å². The lowest BCUT2D eigenvalue weighted by atomic mass is 9.95. The topological polar surface area (TPSA) is 117 Å². The van der Waals surface area contributed by atoms with Gasteiger partial charge in [-0.2, -0.15) is 0 Å². The number of piperidine rings is 1. The van der Waals surface area contributed by atoms with Gasteiger partial charge in [-0.1, -0.05) is 18.2 Å². The molecule has 0 radical (unpaired) electrons. The molecular formula is C25H25N5O5. The summed E-state index contributed by atoms with van der Waals surface area (Å²) < 4.78 is 10.7. The molecule has 2 fully saturated rings. The second kappa shape index (κ2) is 8.61. The summed E-state index contributed by atoms with van der Waals surface area (Å²) >= 11 is 0. The molecule has 0 aliphatic carbocycles. The van der Waals surface area contributed by atoms with Crippen molar-refractivity contribution >= 4 is 28.9 Å². The lowest BCUT2D eigenvalue weighted by Crippen LogP contribution is -2.42. The highest BCUT2D eigenvalue weighted by atomic mass is 16.7. The Kier molecular flexibility index (Phi) is 5.28. The average Bonchev–Trinajstić information content (AvgIpc) is 3.58. The Balaban J connectivity index is 1.04. The summed E-state index contributed by atoms with van der Waals surface area (Å²) in [6, 6.07) is 11.9. The Morgan fingerprint density at radius 2 is 1.86 bits per heavy atom. The van der Waals surface area contributed by atoms with E-state index in [-0.39, 0.29) is 31.6 Å². The zero-order valence-electron chi connectivity index (χ0n) is 19.0. The summed E-state index contributed by atoms with van der Waals surface area (Å²) in [4.78, 5) is 49.3. The van der Waals surface area contributed by atoms with Gasteiger partial charge in [-0.05, 0) is 42.7 Å². The third-order valence-electron chi connectivity index (χ3n) is 6.91. The van der Waals surface area contributed by atoms with Crippen LogP contribution in [0.4, 0.5) is 4.79 Å². The van der Waals surface area contributed by atoms with E-state index in [0.29, 0.717) is 24.6 Å². The lowest BCUT2D eigenvalue weighted by molar-refractivity contribution is -0.136. The standard InChI is InChI=1S/C25H25N5O5/c31-22(29-9-7-16(8-10-29)23-26-17-3-1-2-4-18(17)27-23)12-19-24(32)30(25(33)28-19)13-15-5-6-20-21(11-15)35-14-34-20/h1-6,11,16,19H,7-10,12-14H2,(H,26,27)(H,28,33)/t19-/m1/s1. The first kappa shape index (κ1) is 21.5. The van der Waals surface area contributed by atoms with Gasteiger partial charge in [0.1, 0.15) is 11.9 Å². The molecule has 0 bridgehead atoms. The first-order chi connectivity index (χ1) is 17.0. The SMILES string of the molecule is O=C(C[C@H]1NC(=O)N(Cc2ccc3c(c2)OCO3)C1=O)N1CCC(c2nc3ccccc3[nH]2)CC1. The van der Waals surface area contributed by atoms with E-state index >= 15 is 0 Å². The van der Waals surface area contributed by atoms with Crippen molar-refractivity contribution in [3.05, 3.63) is 53.9 Å². The molecular weight excluding hydrogens is 450 g/mol. The van der Waals surface area contributed by atoms with Crippen LogP contribution in [-0.4, -0.2) is 63.5 Å². The van der Waals surface area contributed by atoms with Gasteiger partial charge in [-0.3, -0.25) is 14.5 Å². The number of ether oxygens (including phenoxy) is 2. The van der Waals surface area contributed by atoms with Crippen molar-refractivity contribution in [1.29, 1.82) is 0 Å². The van der Waals surface area contributed by atoms with Crippen LogP contribution in [0.5, 0.6) is 11.5 Å². The number of likely N-dealkylation sites (tertiary alicyclic amines) is 1. The van der Waals surface area contributed by atoms with Crippen molar-refractivity contribution in [1.82, 2.24) is 25.1 Å². The van der Waals surface area contributed by atoms with E-state index < -0.39 is 18.0 Å². The Labute approximate surface area is 201 Å². The number of nitrogens with one attached hydrogen (secondary N) is 2. The largest absolute Gasteiger partial charge is 0.454 e. The fourth-order valence-electron chi connectivity index (χ4n) is 4.96. The maximum Gasteiger partial charge on any atom is 0.325 e. The zero-order valence-corrected chi connectivity index (χ0v) is 19.0. The van der Waals surface area contributed by atoms with Crippen LogP contribution in [-0.2, 0) is 16.1 Å². The fraction of sp³-hybridized carbons (Fsp3) is 0.360. The predicted molar refractivity (Wildman–Crippen MR) is 125 cm³/mol. The molecule has 1 atom stereocenters. The Bertz CT molecular complexity index is 1280. The number of aromatic amines is 1. The molecule has 35 heavy (non-hydrogen) atoms. The van der Waals surface area contributed by atoms with Crippen LogP contribution in [0.3, 0.4) is 0 Å². The van der Waals surface area contributed by atoms with Crippen LogP contribution in [0.1, 0.15) is 36.6 Å². The number of para-hydroxylation sites is 2. The first-order valence-corrected chi connectivity index (χ1v) is 11.8. The van der Waals surface area contributed by atoms with Crippen molar-refractivity contribution in [2.45, 2.75) is 37.8 Å². The number of imide groups is 1. The molecule has 180 valence electrons. The number of benzene rings is 2. The molecule has 4 heterocycles. The molecule has 2 saturated heterocycles. The van der Waals surface area contributed by atoms with Crippen molar-refractivity contribution in [3.8, 4) is 11.5 Å². The molecule has 2 N–H and O–H groups in total. The van der Waals surface area contributed by atoms with Gasteiger partial charge in [0.25, 0.3) is 5.91 Å². The number of fused-ring (bicyclic) bond motifs is 2. The molecule has 0 spiro atoms. The van der Waals surface area contributed by atoms with E-state index in [1.807, 2.05) is 24.3 Å². The van der Waals surface area contributed by atoms with E-state index in [0.717, 1.165) is 40.2 Å². The fourth-order valence-corrected chi connectivity index (χ4v) is 4.96. The number of rotatable bonds is 5. The quantitative estimate of drug-likeness (QED) is 0.548. The van der Waals surface area contributed by atoms with Gasteiger partial charge >= 0.3 is 6.03 Å². The molecule has 1 aromatic heterocycles. The molecule has 10 nitrogen and oxygen atoms in total. The zero-order chi connectivity index (χ0) is 23.9. The molecule has 4 amide bonds. The maximum atomic E-state index is 12.9. The molecule has 0 unspecified atom stereocenters. The highest BCUT2D eigenvalue weighted by molar-refractivity contribution is 6.05. The van der Waals surface area contributed by atoms with Gasteiger partial charge in [0.15, 0.2) is 11.5 Å². The number of carbonyl (C=O) groups is 3. The Morgan fingerprint density at radius 1 is 1.06 bits per heavy atom. The van der Waals surface area contributed by atoms with Gasteiger partial charge in [0, 0.05) is 19.0 Å². The third kappa shape index (κ3) is 4.05. The summed E-state index contributed by atoms with van der Waals surface area (Å²) in [7, 11) is 0. The van der Waals surface area contributed by atoms with Gasteiger partial charge < -0.3 is 24.7 Å². The third-order valence-corrected chi connectivity index (χ3v) is 6.91. The highest BCUT2D eigenvalue weighted by Crippen LogP contribution is 2.33. The molecule has 3 aliphatic heterocycles. The summed E-state index contributed by atoms with van der Waals surface area (Å²) in [5, 5.41) is 2.66. The summed E-state index contributed by atoms with van der Waals surface area (Å²) in [6.07, 6.45) is 1.55. The average molecular weight is 476 g/mol. The summed E-state index contributed by atoms with van der Waals surface area (Å²) in [5.74, 6) is 1.92. The van der Waals surface area contributed by atoms with Gasteiger partial charge in [0.2, 0.25) is 12.7 Å². The number of nitrogens with zero attached hydrogens (tertiary/aromatic N) is 3. The van der Waals surface area contributed by atoms with Crippen molar-refractivity contribution in [2.75, 3.05) is 19.9 Å². The number of urea groups is 1. The normalized spacial score (nSPS) is 20.1. The number of imidazole rings is 1. The van der Waals surface area contributed by atoms with Crippen molar-refractivity contribution in [2.24, 2.45) is 0 Å². The second-order valence-electron chi connectivity index (χ2n) is 9.11. The second-order valence-corrected chi connectivity index (χ2v) is 9.11. The minimum Gasteiger partial charge on any atom is -0.454 e. The minimum absolute atomic E-state index is 0.0441. The molecule has 3 aromatic rings. The monoisotopic (exact) mass is 475 g/mol. The van der Waals surface area contributed by atoms with Crippen molar-refractivity contribution in [3.63, 3.8) is 0 Å². The Morgan fingerprint density at radius 3 is 2.69 bits per heavy atom. The number of H-pyrrole nitrogens is 1.